The van der Waals surface area contributed by atoms with Crippen molar-refractivity contribution in [2.45, 2.75) is 46.6 Å². The Morgan fingerprint density at radius 2 is 2.12 bits per heavy atom. The number of hydrogen-bond donors (Lipinski definition) is 3. The highest BCUT2D eigenvalue weighted by Crippen LogP contribution is 2.38. The third-order valence-electron chi connectivity index (χ3n) is 6.31. The third-order valence-corrected chi connectivity index (χ3v) is 6.31. The van der Waals surface area contributed by atoms with Gasteiger partial charge in [0.2, 0.25) is 0 Å². The molecule has 2 atom stereocenters. The lowest BCUT2D eigenvalue weighted by molar-refractivity contribution is 0.0574. The van der Waals surface area contributed by atoms with Gasteiger partial charge < -0.3 is 20.1 Å². The zero-order valence-corrected chi connectivity index (χ0v) is 19.2. The average molecular weight is 437 g/mol. The molecule has 3 aromatic rings. The molecule has 0 aliphatic carbocycles. The summed E-state index contributed by atoms with van der Waals surface area (Å²) in [5.41, 5.74) is 3.98. The minimum absolute atomic E-state index is 0.0327. The number of rotatable bonds is 6. The Balaban J connectivity index is 1.62. The fraction of sp³-hybridized carbons (Fsp3) is 0.480. The van der Waals surface area contributed by atoms with Crippen LogP contribution in [0.15, 0.2) is 36.7 Å². The van der Waals surface area contributed by atoms with E-state index in [1.807, 2.05) is 32.9 Å². The number of aliphatic hydroxyl groups excluding tert-OH is 2. The van der Waals surface area contributed by atoms with Crippen molar-refractivity contribution >= 4 is 22.6 Å². The molecule has 7 heteroatoms. The number of carbonyl (C=O) groups is 1. The van der Waals surface area contributed by atoms with Crippen molar-refractivity contribution in [3.05, 3.63) is 42.2 Å². The van der Waals surface area contributed by atoms with Crippen molar-refractivity contribution in [3.63, 3.8) is 0 Å². The molecule has 0 saturated carbocycles. The Morgan fingerprint density at radius 1 is 1.34 bits per heavy atom. The van der Waals surface area contributed by atoms with Crippen LogP contribution < -0.4 is 4.90 Å². The number of fused-ring (bicyclic) bond motifs is 1. The van der Waals surface area contributed by atoms with Crippen LogP contribution in [-0.4, -0.2) is 56.7 Å². The van der Waals surface area contributed by atoms with Crippen LogP contribution in [0.2, 0.25) is 0 Å². The number of nitrogens with one attached hydrogen (secondary N) is 1. The van der Waals surface area contributed by atoms with Crippen molar-refractivity contribution in [2.24, 2.45) is 10.8 Å². The molecule has 1 saturated heterocycles. The van der Waals surface area contributed by atoms with Crippen LogP contribution >= 0.6 is 0 Å². The maximum absolute atomic E-state index is 12.8. The Bertz CT molecular complexity index is 1130. The van der Waals surface area contributed by atoms with Gasteiger partial charge in [-0.2, -0.15) is 0 Å². The number of nitrogens with zero attached hydrogens (tertiary/aromatic N) is 3. The summed E-state index contributed by atoms with van der Waals surface area (Å²) in [6.07, 6.45) is 4.29. The van der Waals surface area contributed by atoms with E-state index in [1.54, 1.807) is 12.4 Å². The van der Waals surface area contributed by atoms with Crippen molar-refractivity contribution in [2.75, 3.05) is 24.6 Å². The molecule has 1 fully saturated rings. The lowest BCUT2D eigenvalue weighted by atomic mass is 9.84. The first-order chi connectivity index (χ1) is 15.1. The minimum Gasteiger partial charge on any atom is -0.394 e. The zero-order chi connectivity index (χ0) is 23.1. The van der Waals surface area contributed by atoms with Gasteiger partial charge in [0.05, 0.1) is 30.2 Å². The average Bonchev–Trinajstić information content (AvgIpc) is 3.35. The van der Waals surface area contributed by atoms with E-state index < -0.39 is 11.5 Å². The molecule has 4 rings (SSSR count). The number of ketones is 1. The standard InChI is InChI=1S/C25H32N4O3/c1-24(2,3)22(32)19-12-26-23-21(19)28-20(13-27-23)16-6-5-7-17(10-16)29-9-8-25(4,15-29)11-18(31)14-30/h5-7,10,12-13,18,30-31H,8-9,11,14-15H2,1-4H3,(H,26,27). The first kappa shape index (κ1) is 22.4. The van der Waals surface area contributed by atoms with Gasteiger partial charge in [-0.25, -0.2) is 9.97 Å². The molecule has 1 aromatic carbocycles. The zero-order valence-electron chi connectivity index (χ0n) is 19.2. The fourth-order valence-corrected chi connectivity index (χ4v) is 4.51. The Hall–Kier alpha value is -2.77. The van der Waals surface area contributed by atoms with Gasteiger partial charge in [-0.15, -0.1) is 0 Å². The largest absolute Gasteiger partial charge is 0.394 e. The number of carbonyl (C=O) groups excluding carboxylic acids is 1. The molecular weight excluding hydrogens is 404 g/mol. The summed E-state index contributed by atoms with van der Waals surface area (Å²) in [7, 11) is 0. The number of H-pyrrole nitrogens is 1. The molecular formula is C25H32N4O3. The maximum Gasteiger partial charge on any atom is 0.171 e. The van der Waals surface area contributed by atoms with E-state index in [9.17, 15) is 15.0 Å². The highest BCUT2D eigenvalue weighted by molar-refractivity contribution is 6.08. The number of anilines is 1. The van der Waals surface area contributed by atoms with E-state index in [4.69, 9.17) is 4.98 Å². The molecule has 1 aliphatic heterocycles. The van der Waals surface area contributed by atoms with Crippen molar-refractivity contribution in [1.82, 2.24) is 15.0 Å². The Kier molecular flexibility index (Phi) is 5.81. The normalized spacial score (nSPS) is 20.1. The SMILES string of the molecule is CC1(CC(O)CO)CCN(c2cccc(-c3cnc4[nH]cc(C(=O)C(C)(C)C)c4n3)c2)C1. The number of aromatic amines is 1. The number of hydrogen-bond acceptors (Lipinski definition) is 6. The Morgan fingerprint density at radius 3 is 2.84 bits per heavy atom. The minimum atomic E-state index is -0.681. The van der Waals surface area contributed by atoms with Crippen LogP contribution in [0.4, 0.5) is 5.69 Å². The van der Waals surface area contributed by atoms with Crippen LogP contribution in [0.25, 0.3) is 22.4 Å². The summed E-state index contributed by atoms with van der Waals surface area (Å²) in [5.74, 6) is 0.0327. The summed E-state index contributed by atoms with van der Waals surface area (Å²) in [6.45, 7) is 9.37. The van der Waals surface area contributed by atoms with Crippen LogP contribution in [0.1, 0.15) is 50.9 Å². The second-order valence-corrected chi connectivity index (χ2v) is 10.3. The van der Waals surface area contributed by atoms with Gasteiger partial charge in [-0.05, 0) is 30.4 Å². The van der Waals surface area contributed by atoms with Crippen LogP contribution in [0, 0.1) is 10.8 Å². The summed E-state index contributed by atoms with van der Waals surface area (Å²) in [6, 6.07) is 8.19. The van der Waals surface area contributed by atoms with E-state index in [2.05, 4.69) is 33.9 Å². The topological polar surface area (TPSA) is 102 Å². The summed E-state index contributed by atoms with van der Waals surface area (Å²) < 4.78 is 0. The number of Topliss-reactive ketones (excluding diaryl/α,β-unsaturated/α-hetero) is 1. The first-order valence-corrected chi connectivity index (χ1v) is 11.1. The van der Waals surface area contributed by atoms with Gasteiger partial charge in [0.25, 0.3) is 0 Å². The molecule has 2 unspecified atom stereocenters. The van der Waals surface area contributed by atoms with E-state index in [0.717, 1.165) is 36.5 Å². The molecule has 2 aromatic heterocycles. The van der Waals surface area contributed by atoms with E-state index in [1.165, 1.54) is 0 Å². The fourth-order valence-electron chi connectivity index (χ4n) is 4.51. The van der Waals surface area contributed by atoms with Gasteiger partial charge in [0.1, 0.15) is 5.52 Å². The molecule has 170 valence electrons. The lowest BCUT2D eigenvalue weighted by Gasteiger charge is -2.27. The number of aliphatic hydroxyl groups is 2. The van der Waals surface area contributed by atoms with Gasteiger partial charge in [0, 0.05) is 36.0 Å². The van der Waals surface area contributed by atoms with Gasteiger partial charge in [0.15, 0.2) is 11.4 Å². The van der Waals surface area contributed by atoms with E-state index in [-0.39, 0.29) is 17.8 Å². The van der Waals surface area contributed by atoms with Crippen molar-refractivity contribution < 1.29 is 15.0 Å². The maximum atomic E-state index is 12.8. The highest BCUT2D eigenvalue weighted by atomic mass is 16.3. The van der Waals surface area contributed by atoms with Crippen LogP contribution in [-0.2, 0) is 0 Å². The summed E-state index contributed by atoms with van der Waals surface area (Å²) >= 11 is 0. The highest BCUT2D eigenvalue weighted by Gasteiger charge is 2.35. The summed E-state index contributed by atoms with van der Waals surface area (Å²) in [5, 5.41) is 19.1. The van der Waals surface area contributed by atoms with Crippen LogP contribution in [0.3, 0.4) is 0 Å². The monoisotopic (exact) mass is 436 g/mol. The molecule has 3 heterocycles. The molecule has 0 bridgehead atoms. The molecule has 1 aliphatic rings. The van der Waals surface area contributed by atoms with E-state index in [0.29, 0.717) is 23.1 Å². The number of aromatic nitrogens is 3. The second-order valence-electron chi connectivity index (χ2n) is 10.3. The quantitative estimate of drug-likeness (QED) is 0.508. The molecule has 0 radical (unpaired) electrons. The Labute approximate surface area is 188 Å². The van der Waals surface area contributed by atoms with Crippen molar-refractivity contribution in [3.8, 4) is 11.3 Å². The first-order valence-electron chi connectivity index (χ1n) is 11.1. The third kappa shape index (κ3) is 4.40. The van der Waals surface area contributed by atoms with Gasteiger partial charge >= 0.3 is 0 Å². The predicted molar refractivity (Wildman–Crippen MR) is 126 cm³/mol. The van der Waals surface area contributed by atoms with Gasteiger partial charge in [-0.3, -0.25) is 4.79 Å². The van der Waals surface area contributed by atoms with E-state index >= 15 is 0 Å². The smallest absolute Gasteiger partial charge is 0.171 e. The molecule has 3 N–H and O–H groups in total. The lowest BCUT2D eigenvalue weighted by Crippen LogP contribution is -2.29. The molecule has 7 nitrogen and oxygen atoms in total. The second kappa shape index (κ2) is 8.30. The molecule has 0 spiro atoms. The number of benzene rings is 1. The van der Waals surface area contributed by atoms with Crippen LogP contribution in [0.5, 0.6) is 0 Å². The van der Waals surface area contributed by atoms with Gasteiger partial charge in [-0.1, -0.05) is 39.8 Å². The predicted octanol–water partition coefficient (Wildman–Crippen LogP) is 3.81. The van der Waals surface area contributed by atoms with Crippen molar-refractivity contribution in [1.29, 1.82) is 0 Å². The molecule has 32 heavy (non-hydrogen) atoms. The molecule has 0 amide bonds. The summed E-state index contributed by atoms with van der Waals surface area (Å²) in [4.78, 5) is 27.5.